The van der Waals surface area contributed by atoms with E-state index in [2.05, 4.69) is 10.2 Å². The molecule has 3 N–H and O–H groups in total. The molecule has 1 aliphatic rings. The Morgan fingerprint density at radius 3 is 2.93 bits per heavy atom. The number of carbonyl (C=O) groups excluding carboxylic acids is 1. The Hall–Kier alpha value is -1.92. The zero-order valence-corrected chi connectivity index (χ0v) is 16.5. The van der Waals surface area contributed by atoms with E-state index in [4.69, 9.17) is 5.73 Å². The van der Waals surface area contributed by atoms with E-state index >= 15 is 0 Å². The van der Waals surface area contributed by atoms with E-state index in [1.54, 1.807) is 6.07 Å². The Morgan fingerprint density at radius 2 is 2.19 bits per heavy atom. The van der Waals surface area contributed by atoms with Crippen LogP contribution in [0.25, 0.3) is 11.3 Å². The van der Waals surface area contributed by atoms with E-state index in [0.717, 1.165) is 55.5 Å². The van der Waals surface area contributed by atoms with E-state index in [0.29, 0.717) is 6.54 Å². The number of nitrogens with two attached hydrogens (primary N) is 1. The Balaban J connectivity index is 0.00000261. The predicted molar refractivity (Wildman–Crippen MR) is 107 cm³/mol. The highest BCUT2D eigenvalue weighted by atomic mass is 35.5. The molecule has 1 aliphatic carbocycles. The zero-order valence-electron chi connectivity index (χ0n) is 15.7. The van der Waals surface area contributed by atoms with Crippen molar-refractivity contribution < 1.29 is 9.18 Å². The molecule has 1 fully saturated rings. The highest BCUT2D eigenvalue weighted by Gasteiger charge is 2.27. The van der Waals surface area contributed by atoms with Crippen molar-refractivity contribution >= 4 is 18.3 Å². The highest BCUT2D eigenvalue weighted by Crippen LogP contribution is 2.25. The summed E-state index contributed by atoms with van der Waals surface area (Å²) in [6.07, 6.45) is 5.48. The molecular formula is C20H28ClFN4O. The van der Waals surface area contributed by atoms with Crippen molar-refractivity contribution in [2.75, 3.05) is 13.6 Å². The summed E-state index contributed by atoms with van der Waals surface area (Å²) in [5, 5.41) is 7.26. The van der Waals surface area contributed by atoms with E-state index in [1.165, 1.54) is 12.1 Å². The Bertz CT molecular complexity index is 751. The maximum Gasteiger partial charge on any atom is 0.225 e. The van der Waals surface area contributed by atoms with Crippen molar-refractivity contribution in [1.82, 2.24) is 15.1 Å². The molecule has 148 valence electrons. The van der Waals surface area contributed by atoms with Gasteiger partial charge in [0, 0.05) is 36.8 Å². The quantitative estimate of drug-likeness (QED) is 0.786. The van der Waals surface area contributed by atoms with Crippen molar-refractivity contribution in [1.29, 1.82) is 0 Å². The number of hydrogen-bond acceptors (Lipinski definition) is 3. The molecule has 1 amide bonds. The van der Waals surface area contributed by atoms with Gasteiger partial charge < -0.3 is 10.6 Å². The molecule has 2 aromatic rings. The van der Waals surface area contributed by atoms with Crippen LogP contribution >= 0.6 is 12.4 Å². The molecule has 2 atom stereocenters. The number of amides is 1. The van der Waals surface area contributed by atoms with Gasteiger partial charge in [-0.25, -0.2) is 4.39 Å². The first-order valence-electron chi connectivity index (χ1n) is 9.33. The summed E-state index contributed by atoms with van der Waals surface area (Å²) in [5.74, 6) is 0.0234. The van der Waals surface area contributed by atoms with Crippen LogP contribution in [-0.4, -0.2) is 40.6 Å². The summed E-state index contributed by atoms with van der Waals surface area (Å²) in [4.78, 5) is 14.3. The summed E-state index contributed by atoms with van der Waals surface area (Å²) in [5.41, 5.74) is 8.48. The molecule has 1 aromatic heterocycles. The van der Waals surface area contributed by atoms with Gasteiger partial charge in [0.25, 0.3) is 0 Å². The molecule has 1 heterocycles. The molecule has 5 nitrogen and oxygen atoms in total. The molecule has 0 radical (unpaired) electrons. The van der Waals surface area contributed by atoms with Crippen LogP contribution < -0.4 is 5.73 Å². The molecule has 7 heteroatoms. The number of carbonyl (C=O) groups is 1. The third-order valence-electron chi connectivity index (χ3n) is 5.13. The molecule has 0 aliphatic heterocycles. The number of aromatic amines is 1. The van der Waals surface area contributed by atoms with Gasteiger partial charge in [0.1, 0.15) is 5.82 Å². The lowest BCUT2D eigenvalue weighted by atomic mass is 9.85. The zero-order chi connectivity index (χ0) is 18.5. The minimum absolute atomic E-state index is 0. The van der Waals surface area contributed by atoms with Gasteiger partial charge in [0.05, 0.1) is 5.69 Å². The second kappa shape index (κ2) is 9.85. The number of aryl methyl sites for hydroxylation is 1. The second-order valence-corrected chi connectivity index (χ2v) is 7.28. The van der Waals surface area contributed by atoms with Crippen molar-refractivity contribution in [3.63, 3.8) is 0 Å². The SMILES string of the molecule is CN(CCCc1cc(-c2cccc(F)c2)n[nH]1)C(=O)C1CCCC(N)C1.Cl. The smallest absolute Gasteiger partial charge is 0.225 e. The van der Waals surface area contributed by atoms with E-state index in [1.807, 2.05) is 24.1 Å². The monoisotopic (exact) mass is 394 g/mol. The number of benzene rings is 1. The fraction of sp³-hybridized carbons (Fsp3) is 0.500. The van der Waals surface area contributed by atoms with E-state index in [-0.39, 0.29) is 36.1 Å². The van der Waals surface area contributed by atoms with Gasteiger partial charge in [0.15, 0.2) is 0 Å². The number of halogens is 2. The highest BCUT2D eigenvalue weighted by molar-refractivity contribution is 5.85. The molecule has 0 bridgehead atoms. The lowest BCUT2D eigenvalue weighted by Gasteiger charge is -2.29. The van der Waals surface area contributed by atoms with Gasteiger partial charge >= 0.3 is 0 Å². The fourth-order valence-corrected chi connectivity index (χ4v) is 3.67. The third-order valence-corrected chi connectivity index (χ3v) is 5.13. The summed E-state index contributed by atoms with van der Waals surface area (Å²) < 4.78 is 13.3. The molecule has 27 heavy (non-hydrogen) atoms. The molecule has 0 saturated heterocycles. The second-order valence-electron chi connectivity index (χ2n) is 7.28. The van der Waals surface area contributed by atoms with Crippen LogP contribution in [0.1, 0.15) is 37.8 Å². The standard InChI is InChI=1S/C20H27FN4O.ClH/c1-25(20(26)15-6-3-8-17(22)12-15)10-4-9-18-13-19(24-23-18)14-5-2-7-16(21)11-14;/h2,5,7,11,13,15,17H,3-4,6,8-10,12,22H2,1H3,(H,23,24);1H. The van der Waals surface area contributed by atoms with Crippen LogP contribution in [0.3, 0.4) is 0 Å². The number of rotatable bonds is 6. The topological polar surface area (TPSA) is 75.0 Å². The average Bonchev–Trinajstić information content (AvgIpc) is 3.10. The largest absolute Gasteiger partial charge is 0.346 e. The first-order chi connectivity index (χ1) is 12.5. The van der Waals surface area contributed by atoms with Crippen LogP contribution in [0.15, 0.2) is 30.3 Å². The van der Waals surface area contributed by atoms with Gasteiger partial charge in [-0.05, 0) is 50.3 Å². The van der Waals surface area contributed by atoms with Crippen LogP contribution in [0.2, 0.25) is 0 Å². The lowest BCUT2D eigenvalue weighted by Crippen LogP contribution is -2.39. The minimum atomic E-state index is -0.269. The number of H-pyrrole nitrogens is 1. The molecule has 3 rings (SSSR count). The van der Waals surface area contributed by atoms with Crippen LogP contribution in [-0.2, 0) is 11.2 Å². The normalized spacial score (nSPS) is 19.4. The average molecular weight is 395 g/mol. The summed E-state index contributed by atoms with van der Waals surface area (Å²) in [7, 11) is 1.87. The molecule has 0 spiro atoms. The maximum absolute atomic E-state index is 13.3. The lowest BCUT2D eigenvalue weighted by molar-refractivity contribution is -0.135. The summed E-state index contributed by atoms with van der Waals surface area (Å²) in [6.45, 7) is 0.707. The molecule has 2 unspecified atom stereocenters. The Labute approximate surface area is 165 Å². The summed E-state index contributed by atoms with van der Waals surface area (Å²) in [6, 6.07) is 8.51. The molecule has 1 saturated carbocycles. The van der Waals surface area contributed by atoms with Gasteiger partial charge in [-0.3, -0.25) is 9.89 Å². The van der Waals surface area contributed by atoms with Crippen molar-refractivity contribution in [3.8, 4) is 11.3 Å². The number of hydrogen-bond donors (Lipinski definition) is 2. The van der Waals surface area contributed by atoms with E-state index in [9.17, 15) is 9.18 Å². The van der Waals surface area contributed by atoms with Gasteiger partial charge in [-0.2, -0.15) is 5.10 Å². The van der Waals surface area contributed by atoms with E-state index < -0.39 is 0 Å². The van der Waals surface area contributed by atoms with Crippen LogP contribution in [0.4, 0.5) is 4.39 Å². The number of aromatic nitrogens is 2. The molecular weight excluding hydrogens is 367 g/mol. The summed E-state index contributed by atoms with van der Waals surface area (Å²) >= 11 is 0. The Kier molecular flexibility index (Phi) is 7.80. The van der Waals surface area contributed by atoms with Gasteiger partial charge in [-0.15, -0.1) is 12.4 Å². The van der Waals surface area contributed by atoms with Crippen LogP contribution in [0.5, 0.6) is 0 Å². The third kappa shape index (κ3) is 5.78. The number of nitrogens with zero attached hydrogens (tertiary/aromatic N) is 2. The first-order valence-corrected chi connectivity index (χ1v) is 9.33. The Morgan fingerprint density at radius 1 is 1.37 bits per heavy atom. The number of nitrogens with one attached hydrogen (secondary N) is 1. The van der Waals surface area contributed by atoms with Gasteiger partial charge in [-0.1, -0.05) is 18.6 Å². The van der Waals surface area contributed by atoms with Crippen LogP contribution in [0, 0.1) is 11.7 Å². The van der Waals surface area contributed by atoms with Gasteiger partial charge in [0.2, 0.25) is 5.91 Å². The van der Waals surface area contributed by atoms with Crippen molar-refractivity contribution in [2.45, 2.75) is 44.6 Å². The first kappa shape index (κ1) is 21.4. The van der Waals surface area contributed by atoms with Crippen molar-refractivity contribution in [2.24, 2.45) is 11.7 Å². The fourth-order valence-electron chi connectivity index (χ4n) is 3.67. The maximum atomic E-state index is 13.3. The van der Waals surface area contributed by atoms with Crippen molar-refractivity contribution in [3.05, 3.63) is 41.8 Å². The molecule has 1 aromatic carbocycles. The minimum Gasteiger partial charge on any atom is -0.346 e. The predicted octanol–water partition coefficient (Wildman–Crippen LogP) is 3.55.